The number of carbonyl (C=O) groups excluding carboxylic acids is 3. The number of ether oxygens (including phenoxy) is 1. The highest BCUT2D eigenvalue weighted by Crippen LogP contribution is 2.68. The minimum Gasteiger partial charge on any atom is -0.459 e. The van der Waals surface area contributed by atoms with E-state index in [0.29, 0.717) is 24.7 Å². The second-order valence-electron chi connectivity index (χ2n) is 10.2. The van der Waals surface area contributed by atoms with Gasteiger partial charge in [-0.3, -0.25) is 14.4 Å². The highest BCUT2D eigenvalue weighted by Gasteiger charge is 2.67. The molecule has 3 fully saturated rings. The standard InChI is InChI=1S/C23H32O4/c1-14(24)27-22(4)13-9-16-15-6-7-18(25)23(5)19(26)10-12-21(23,3)17(15)8-11-20(16,22)2/h8,15-16H,6-7,9-13H2,1-5H3. The van der Waals surface area contributed by atoms with Gasteiger partial charge in [0.2, 0.25) is 0 Å². The van der Waals surface area contributed by atoms with Crippen molar-refractivity contribution in [2.45, 2.75) is 85.2 Å². The van der Waals surface area contributed by atoms with Gasteiger partial charge in [0.15, 0.2) is 0 Å². The average molecular weight is 373 g/mol. The molecule has 0 amide bonds. The van der Waals surface area contributed by atoms with Gasteiger partial charge in [-0.2, -0.15) is 0 Å². The fourth-order valence-electron chi connectivity index (χ4n) is 7.21. The predicted molar refractivity (Wildman–Crippen MR) is 102 cm³/mol. The number of fused-ring (bicyclic) bond motifs is 5. The van der Waals surface area contributed by atoms with Crippen LogP contribution in [-0.2, 0) is 19.1 Å². The summed E-state index contributed by atoms with van der Waals surface area (Å²) in [5.41, 5.74) is -0.452. The first kappa shape index (κ1) is 18.9. The van der Waals surface area contributed by atoms with Crippen molar-refractivity contribution in [1.82, 2.24) is 0 Å². The number of hydrogen-bond donors (Lipinski definition) is 0. The van der Waals surface area contributed by atoms with Crippen LogP contribution in [0.4, 0.5) is 0 Å². The van der Waals surface area contributed by atoms with Crippen LogP contribution in [0.25, 0.3) is 0 Å². The summed E-state index contributed by atoms with van der Waals surface area (Å²) in [5.74, 6) is 0.741. The Kier molecular flexibility index (Phi) is 3.88. The second-order valence-corrected chi connectivity index (χ2v) is 10.2. The Labute approximate surface area is 162 Å². The third kappa shape index (κ3) is 2.13. The molecule has 0 aromatic heterocycles. The van der Waals surface area contributed by atoms with E-state index in [1.807, 2.05) is 6.92 Å². The maximum Gasteiger partial charge on any atom is 0.303 e. The first-order valence-electron chi connectivity index (χ1n) is 10.5. The predicted octanol–water partition coefficient (Wildman–Crippen LogP) is 4.41. The number of rotatable bonds is 1. The summed E-state index contributed by atoms with van der Waals surface area (Å²) < 4.78 is 5.86. The van der Waals surface area contributed by atoms with Gasteiger partial charge in [-0.15, -0.1) is 0 Å². The van der Waals surface area contributed by atoms with Gasteiger partial charge in [-0.1, -0.05) is 25.5 Å². The largest absolute Gasteiger partial charge is 0.459 e. The number of carbonyl (C=O) groups is 3. The van der Waals surface area contributed by atoms with Crippen LogP contribution in [0.1, 0.15) is 79.6 Å². The molecule has 148 valence electrons. The molecule has 0 spiro atoms. The lowest BCUT2D eigenvalue weighted by molar-refractivity contribution is -0.170. The lowest BCUT2D eigenvalue weighted by Crippen LogP contribution is -2.51. The van der Waals surface area contributed by atoms with Gasteiger partial charge in [0, 0.05) is 30.6 Å². The van der Waals surface area contributed by atoms with Gasteiger partial charge in [-0.25, -0.2) is 0 Å². The fraction of sp³-hybridized carbons (Fsp3) is 0.783. The van der Waals surface area contributed by atoms with Crippen LogP contribution in [0.5, 0.6) is 0 Å². The molecule has 6 unspecified atom stereocenters. The number of ketones is 2. The van der Waals surface area contributed by atoms with Crippen molar-refractivity contribution < 1.29 is 19.1 Å². The number of hydrogen-bond acceptors (Lipinski definition) is 4. The Balaban J connectivity index is 1.80. The topological polar surface area (TPSA) is 60.4 Å². The molecule has 0 heterocycles. The van der Waals surface area contributed by atoms with E-state index in [1.165, 1.54) is 12.5 Å². The Morgan fingerprint density at radius 2 is 1.70 bits per heavy atom. The van der Waals surface area contributed by atoms with Crippen molar-refractivity contribution in [3.05, 3.63) is 11.6 Å². The molecule has 0 radical (unpaired) electrons. The van der Waals surface area contributed by atoms with E-state index in [-0.39, 0.29) is 28.4 Å². The molecular formula is C23H32O4. The van der Waals surface area contributed by atoms with E-state index in [0.717, 1.165) is 32.1 Å². The quantitative estimate of drug-likeness (QED) is 0.389. The van der Waals surface area contributed by atoms with E-state index in [1.54, 1.807) is 0 Å². The van der Waals surface area contributed by atoms with Crippen molar-refractivity contribution in [2.75, 3.05) is 0 Å². The molecule has 0 bridgehead atoms. The van der Waals surface area contributed by atoms with E-state index in [9.17, 15) is 14.4 Å². The molecule has 4 heteroatoms. The van der Waals surface area contributed by atoms with Crippen LogP contribution >= 0.6 is 0 Å². The van der Waals surface area contributed by atoms with Gasteiger partial charge in [0.1, 0.15) is 17.2 Å². The van der Waals surface area contributed by atoms with Crippen LogP contribution in [0.15, 0.2) is 11.6 Å². The summed E-state index contributed by atoms with van der Waals surface area (Å²) in [5, 5.41) is 0. The number of allylic oxidation sites excluding steroid dienone is 2. The minimum absolute atomic E-state index is 0.115. The van der Waals surface area contributed by atoms with Gasteiger partial charge >= 0.3 is 5.97 Å². The Morgan fingerprint density at radius 1 is 1.04 bits per heavy atom. The first-order valence-corrected chi connectivity index (χ1v) is 10.5. The zero-order valence-corrected chi connectivity index (χ0v) is 17.3. The highest BCUT2D eigenvalue weighted by molar-refractivity contribution is 6.09. The third-order valence-electron chi connectivity index (χ3n) is 9.35. The van der Waals surface area contributed by atoms with E-state index in [2.05, 4.69) is 26.8 Å². The van der Waals surface area contributed by atoms with Crippen molar-refractivity contribution >= 4 is 17.5 Å². The van der Waals surface area contributed by atoms with Crippen LogP contribution < -0.4 is 0 Å². The van der Waals surface area contributed by atoms with Crippen LogP contribution in [-0.4, -0.2) is 23.1 Å². The highest BCUT2D eigenvalue weighted by atomic mass is 16.6. The van der Waals surface area contributed by atoms with Crippen molar-refractivity contribution in [2.24, 2.45) is 28.1 Å². The summed E-state index contributed by atoms with van der Waals surface area (Å²) >= 11 is 0. The Morgan fingerprint density at radius 3 is 2.37 bits per heavy atom. The SMILES string of the molecule is CC(=O)OC1(C)CCC2C3CCC(=O)C4(C)C(=O)CCC4(C)C3=CCC21C. The molecule has 0 aliphatic heterocycles. The maximum atomic E-state index is 13.1. The second kappa shape index (κ2) is 5.55. The molecule has 27 heavy (non-hydrogen) atoms. The molecule has 6 atom stereocenters. The van der Waals surface area contributed by atoms with Crippen LogP contribution in [0, 0.1) is 28.1 Å². The van der Waals surface area contributed by atoms with Crippen molar-refractivity contribution in [3.8, 4) is 0 Å². The summed E-state index contributed by atoms with van der Waals surface area (Å²) in [6, 6.07) is 0. The van der Waals surface area contributed by atoms with Gasteiger partial charge in [0.25, 0.3) is 0 Å². The monoisotopic (exact) mass is 372 g/mol. The van der Waals surface area contributed by atoms with Gasteiger partial charge in [-0.05, 0) is 57.8 Å². The van der Waals surface area contributed by atoms with E-state index >= 15 is 0 Å². The van der Waals surface area contributed by atoms with Crippen molar-refractivity contribution in [3.63, 3.8) is 0 Å². The normalized spacial score (nSPS) is 49.0. The lowest BCUT2D eigenvalue weighted by Gasteiger charge is -2.51. The summed E-state index contributed by atoms with van der Waals surface area (Å²) in [6.45, 7) is 9.89. The molecule has 4 aliphatic carbocycles. The van der Waals surface area contributed by atoms with Crippen LogP contribution in [0.2, 0.25) is 0 Å². The van der Waals surface area contributed by atoms with Crippen molar-refractivity contribution in [1.29, 1.82) is 0 Å². The molecule has 4 aliphatic rings. The van der Waals surface area contributed by atoms with Gasteiger partial charge < -0.3 is 4.74 Å². The summed E-state index contributed by atoms with van der Waals surface area (Å²) in [4.78, 5) is 37.6. The average Bonchev–Trinajstić information content (AvgIpc) is 2.95. The molecule has 0 N–H and O–H groups in total. The third-order valence-corrected chi connectivity index (χ3v) is 9.35. The molecule has 0 aromatic rings. The van der Waals surface area contributed by atoms with E-state index in [4.69, 9.17) is 4.74 Å². The van der Waals surface area contributed by atoms with Gasteiger partial charge in [0.05, 0.1) is 5.41 Å². The smallest absolute Gasteiger partial charge is 0.303 e. The first-order chi connectivity index (χ1) is 12.5. The Bertz CT molecular complexity index is 766. The zero-order chi connectivity index (χ0) is 19.8. The zero-order valence-electron chi connectivity index (χ0n) is 17.3. The molecular weight excluding hydrogens is 340 g/mol. The molecule has 0 aromatic carbocycles. The molecule has 0 saturated heterocycles. The number of esters is 1. The molecule has 3 saturated carbocycles. The van der Waals surface area contributed by atoms with E-state index < -0.39 is 11.0 Å². The summed E-state index contributed by atoms with van der Waals surface area (Å²) in [7, 11) is 0. The maximum absolute atomic E-state index is 13.1. The minimum atomic E-state index is -0.862. The van der Waals surface area contributed by atoms with Crippen LogP contribution in [0.3, 0.4) is 0 Å². The number of Topliss-reactive ketones (excluding diaryl/α,β-unsaturated/α-hetero) is 2. The Hall–Kier alpha value is -1.45. The summed E-state index contributed by atoms with van der Waals surface area (Å²) in [6.07, 6.45) is 7.64. The molecule has 4 rings (SSSR count). The fourth-order valence-corrected chi connectivity index (χ4v) is 7.21. The molecule has 4 nitrogen and oxygen atoms in total. The lowest BCUT2D eigenvalue weighted by atomic mass is 9.53.